The molecule has 1 unspecified atom stereocenters. The number of methoxy groups -OCH3 is 1. The number of allylic oxidation sites excluding steroid dienone is 3. The van der Waals surface area contributed by atoms with Gasteiger partial charge in [-0.2, -0.15) is 0 Å². The number of benzene rings is 1. The second kappa shape index (κ2) is 9.07. The Hall–Kier alpha value is -3.85. The van der Waals surface area contributed by atoms with Crippen molar-refractivity contribution in [2.75, 3.05) is 7.11 Å². The molecule has 0 saturated carbocycles. The number of aryl methyl sites for hydroxylation is 1. The smallest absolute Gasteiger partial charge is 0.303 e. The number of fused-ring (bicyclic) bond motifs is 2. The van der Waals surface area contributed by atoms with Crippen LogP contribution in [0.1, 0.15) is 18.4 Å². The number of ether oxygens (including phenoxy) is 1. The van der Waals surface area contributed by atoms with Crippen LogP contribution in [-0.4, -0.2) is 45.4 Å². The highest BCUT2D eigenvalue weighted by atomic mass is 32.2. The molecule has 3 heterocycles. The summed E-state index contributed by atoms with van der Waals surface area (Å²) >= 11 is 0. The van der Waals surface area contributed by atoms with Gasteiger partial charge in [-0.25, -0.2) is 17.4 Å². The molecule has 0 fully saturated rings. The van der Waals surface area contributed by atoms with Crippen LogP contribution in [0.5, 0.6) is 5.75 Å². The van der Waals surface area contributed by atoms with Gasteiger partial charge in [0.15, 0.2) is 0 Å². The lowest BCUT2D eigenvalue weighted by Crippen LogP contribution is -2.26. The molecule has 3 aromatic heterocycles. The maximum atomic E-state index is 13.6. The Kier molecular flexibility index (Phi) is 5.94. The Labute approximate surface area is 202 Å². The van der Waals surface area contributed by atoms with Crippen LogP contribution in [0.3, 0.4) is 0 Å². The zero-order chi connectivity index (χ0) is 24.6. The quantitative estimate of drug-likeness (QED) is 0.397. The first kappa shape index (κ1) is 22.9. The molecule has 0 radical (unpaired) electrons. The number of pyridine rings is 1. The molecule has 180 valence electrons. The van der Waals surface area contributed by atoms with Gasteiger partial charge in [-0.05, 0) is 60.4 Å². The minimum atomic E-state index is -3.77. The number of carboxylic acids is 1. The van der Waals surface area contributed by atoms with E-state index in [4.69, 9.17) is 9.84 Å². The van der Waals surface area contributed by atoms with Crippen molar-refractivity contribution in [3.63, 3.8) is 0 Å². The predicted molar refractivity (Wildman–Crippen MR) is 134 cm³/mol. The number of carbonyl (C=O) groups is 1. The number of rotatable bonds is 8. The Bertz CT molecular complexity index is 1590. The van der Waals surface area contributed by atoms with E-state index >= 15 is 0 Å². The summed E-state index contributed by atoms with van der Waals surface area (Å²) in [5.74, 6) is -0.350. The van der Waals surface area contributed by atoms with E-state index in [1.165, 1.54) is 11.1 Å². The van der Waals surface area contributed by atoms with Crippen molar-refractivity contribution >= 4 is 37.9 Å². The molecule has 0 saturated heterocycles. The van der Waals surface area contributed by atoms with Gasteiger partial charge in [-0.1, -0.05) is 18.2 Å². The highest BCUT2D eigenvalue weighted by Crippen LogP contribution is 2.31. The van der Waals surface area contributed by atoms with E-state index in [0.29, 0.717) is 35.2 Å². The van der Waals surface area contributed by atoms with Crippen molar-refractivity contribution in [2.24, 2.45) is 0 Å². The monoisotopic (exact) mass is 491 g/mol. The summed E-state index contributed by atoms with van der Waals surface area (Å²) in [6.45, 7) is 0.607. The van der Waals surface area contributed by atoms with Crippen LogP contribution in [-0.2, 0) is 27.8 Å². The summed E-state index contributed by atoms with van der Waals surface area (Å²) in [4.78, 5) is 15.6. The third-order valence-corrected chi connectivity index (χ3v) is 8.30. The van der Waals surface area contributed by atoms with Gasteiger partial charge in [-0.15, -0.1) is 0 Å². The fraction of sp³-hybridized carbons (Fsp3) is 0.231. The molecule has 0 bridgehead atoms. The summed E-state index contributed by atoms with van der Waals surface area (Å²) in [5, 5.41) is 10.1. The summed E-state index contributed by atoms with van der Waals surface area (Å²) in [6, 6.07) is 11.1. The van der Waals surface area contributed by atoms with Gasteiger partial charge in [0.2, 0.25) is 10.0 Å². The van der Waals surface area contributed by atoms with Crippen molar-refractivity contribution in [1.82, 2.24) is 13.5 Å². The number of hydrogen-bond acceptors (Lipinski definition) is 5. The van der Waals surface area contributed by atoms with Crippen LogP contribution < -0.4 is 4.74 Å². The summed E-state index contributed by atoms with van der Waals surface area (Å²) in [7, 11) is -2.23. The van der Waals surface area contributed by atoms with Gasteiger partial charge in [0.05, 0.1) is 12.6 Å². The zero-order valence-corrected chi connectivity index (χ0v) is 20.0. The third kappa shape index (κ3) is 4.35. The molecule has 4 aromatic rings. The Balaban J connectivity index is 1.42. The van der Waals surface area contributed by atoms with E-state index in [0.717, 1.165) is 16.6 Å². The SMILES string of the molecule is COc1ccc2c(c1)c(CCC(=O)O)cn2S(=O)(=O)C1C=CC(Cn2ccc3cccnc32)=CC1. The second-order valence-electron chi connectivity index (χ2n) is 8.54. The van der Waals surface area contributed by atoms with E-state index in [1.807, 2.05) is 41.1 Å². The average molecular weight is 492 g/mol. The minimum Gasteiger partial charge on any atom is -0.497 e. The molecule has 1 aliphatic carbocycles. The van der Waals surface area contributed by atoms with E-state index in [9.17, 15) is 13.2 Å². The summed E-state index contributed by atoms with van der Waals surface area (Å²) in [5.41, 5.74) is 3.08. The fourth-order valence-electron chi connectivity index (χ4n) is 4.50. The van der Waals surface area contributed by atoms with Gasteiger partial charge in [0.25, 0.3) is 0 Å². The Morgan fingerprint density at radius 2 is 2.11 bits per heavy atom. The average Bonchev–Trinajstić information content (AvgIpc) is 3.44. The first-order valence-corrected chi connectivity index (χ1v) is 12.8. The predicted octanol–water partition coefficient (Wildman–Crippen LogP) is 4.15. The molecule has 9 heteroatoms. The van der Waals surface area contributed by atoms with E-state index in [-0.39, 0.29) is 12.8 Å². The summed E-state index contributed by atoms with van der Waals surface area (Å²) < 4.78 is 35.9. The van der Waals surface area contributed by atoms with Crippen LogP contribution in [0, 0.1) is 0 Å². The molecule has 1 aromatic carbocycles. The van der Waals surface area contributed by atoms with E-state index in [2.05, 4.69) is 4.98 Å². The largest absolute Gasteiger partial charge is 0.497 e. The Morgan fingerprint density at radius 1 is 1.26 bits per heavy atom. The molecular weight excluding hydrogens is 466 g/mol. The minimum absolute atomic E-state index is 0.0886. The molecular formula is C26H25N3O5S. The van der Waals surface area contributed by atoms with Crippen molar-refractivity contribution in [1.29, 1.82) is 0 Å². The third-order valence-electron chi connectivity index (χ3n) is 6.34. The van der Waals surface area contributed by atoms with Crippen molar-refractivity contribution in [2.45, 2.75) is 31.1 Å². The highest BCUT2D eigenvalue weighted by Gasteiger charge is 2.28. The molecule has 0 amide bonds. The standard InChI is InChI=1S/C26H25N3O5S/c1-34-21-7-10-24-23(15-21)20(6-11-25(30)31)17-29(24)35(32,33)22-8-4-18(5-9-22)16-28-14-12-19-3-2-13-27-26(19)28/h2-5,7-8,10,12-15,17,22H,6,9,11,16H2,1H3,(H,30,31). The number of aromatic nitrogens is 3. The lowest BCUT2D eigenvalue weighted by molar-refractivity contribution is -0.136. The van der Waals surface area contributed by atoms with Crippen LogP contribution >= 0.6 is 0 Å². The lowest BCUT2D eigenvalue weighted by atomic mass is 10.1. The second-order valence-corrected chi connectivity index (χ2v) is 10.6. The first-order valence-electron chi connectivity index (χ1n) is 11.3. The zero-order valence-electron chi connectivity index (χ0n) is 19.2. The van der Waals surface area contributed by atoms with Crippen LogP contribution in [0.25, 0.3) is 21.9 Å². The molecule has 5 rings (SSSR count). The molecule has 8 nitrogen and oxygen atoms in total. The van der Waals surface area contributed by atoms with Crippen molar-refractivity contribution in [3.05, 3.63) is 84.4 Å². The van der Waals surface area contributed by atoms with Gasteiger partial charge >= 0.3 is 5.97 Å². The number of hydrogen-bond donors (Lipinski definition) is 1. The van der Waals surface area contributed by atoms with E-state index < -0.39 is 21.2 Å². The molecule has 1 atom stereocenters. The van der Waals surface area contributed by atoms with Crippen molar-refractivity contribution < 1.29 is 23.1 Å². The topological polar surface area (TPSA) is 103 Å². The van der Waals surface area contributed by atoms with Gasteiger partial charge < -0.3 is 14.4 Å². The molecule has 1 aliphatic rings. The molecule has 0 aliphatic heterocycles. The van der Waals surface area contributed by atoms with Crippen LogP contribution in [0.15, 0.2) is 78.8 Å². The van der Waals surface area contributed by atoms with E-state index in [1.54, 1.807) is 36.7 Å². The molecule has 0 spiro atoms. The maximum absolute atomic E-state index is 13.6. The Morgan fingerprint density at radius 3 is 2.86 bits per heavy atom. The normalized spacial score (nSPS) is 16.0. The number of aliphatic carboxylic acids is 1. The van der Waals surface area contributed by atoms with Gasteiger partial charge in [0.1, 0.15) is 16.6 Å². The lowest BCUT2D eigenvalue weighted by Gasteiger charge is -2.19. The van der Waals surface area contributed by atoms with Crippen LogP contribution in [0.4, 0.5) is 0 Å². The number of nitrogens with zero attached hydrogens (tertiary/aromatic N) is 3. The molecule has 35 heavy (non-hydrogen) atoms. The number of carboxylic acid groups (broad SMARTS) is 1. The fourth-order valence-corrected chi connectivity index (χ4v) is 6.11. The van der Waals surface area contributed by atoms with Crippen molar-refractivity contribution in [3.8, 4) is 5.75 Å². The van der Waals surface area contributed by atoms with Crippen LogP contribution in [0.2, 0.25) is 0 Å². The molecule has 1 N–H and O–H groups in total. The summed E-state index contributed by atoms with van der Waals surface area (Å²) in [6.07, 6.45) is 11.3. The highest BCUT2D eigenvalue weighted by molar-refractivity contribution is 7.90. The maximum Gasteiger partial charge on any atom is 0.303 e. The van der Waals surface area contributed by atoms with Gasteiger partial charge in [0, 0.05) is 42.3 Å². The first-order chi connectivity index (χ1) is 16.9. The van der Waals surface area contributed by atoms with Gasteiger partial charge in [-0.3, -0.25) is 4.79 Å².